The van der Waals surface area contributed by atoms with E-state index in [1.165, 1.54) is 4.90 Å². The van der Waals surface area contributed by atoms with Crippen molar-refractivity contribution >= 4 is 23.3 Å². The second kappa shape index (κ2) is 7.26. The van der Waals surface area contributed by atoms with Crippen LogP contribution >= 0.6 is 0 Å². The van der Waals surface area contributed by atoms with Crippen molar-refractivity contribution in [2.75, 3.05) is 16.8 Å². The molecule has 0 radical (unpaired) electrons. The molecule has 1 heterocycles. The Morgan fingerprint density at radius 1 is 1.11 bits per heavy atom. The number of hydrogen-bond donors (Lipinski definition) is 2. The zero-order valence-corrected chi connectivity index (χ0v) is 13.9. The van der Waals surface area contributed by atoms with E-state index in [4.69, 9.17) is 0 Å². The normalized spacial score (nSPS) is 17.1. The van der Waals surface area contributed by atoms with Crippen LogP contribution in [-0.2, 0) is 11.0 Å². The van der Waals surface area contributed by atoms with Gasteiger partial charge in [-0.3, -0.25) is 4.79 Å². The predicted molar refractivity (Wildman–Crippen MR) is 90.8 cm³/mol. The first-order valence-electron chi connectivity index (χ1n) is 8.04. The van der Waals surface area contributed by atoms with Crippen LogP contribution in [-0.4, -0.2) is 24.5 Å². The fraction of sp³-hybridized carbons (Fsp3) is 0.222. The van der Waals surface area contributed by atoms with Gasteiger partial charge in [0.05, 0.1) is 11.6 Å². The number of urea groups is 1. The van der Waals surface area contributed by atoms with Crippen LogP contribution in [0.3, 0.4) is 0 Å². The summed E-state index contributed by atoms with van der Waals surface area (Å²) in [5.74, 6) is -1.60. The SMILES string of the molecule is O=C(Nc1ccc(F)c(C(F)(F)F)c1)NC1CC(=O)N(c2ccccc2)C1. The van der Waals surface area contributed by atoms with Crippen LogP contribution < -0.4 is 15.5 Å². The van der Waals surface area contributed by atoms with E-state index in [1.807, 2.05) is 6.07 Å². The van der Waals surface area contributed by atoms with Gasteiger partial charge in [-0.25, -0.2) is 9.18 Å². The Morgan fingerprint density at radius 3 is 2.48 bits per heavy atom. The highest BCUT2D eigenvalue weighted by Gasteiger charge is 2.35. The highest BCUT2D eigenvalue weighted by atomic mass is 19.4. The molecule has 3 rings (SSSR count). The summed E-state index contributed by atoms with van der Waals surface area (Å²) in [7, 11) is 0. The van der Waals surface area contributed by atoms with Crippen molar-refractivity contribution in [3.8, 4) is 0 Å². The number of hydrogen-bond acceptors (Lipinski definition) is 2. The Balaban J connectivity index is 1.63. The number of halogens is 4. The molecular formula is C18H15F4N3O2. The molecule has 1 atom stereocenters. The highest BCUT2D eigenvalue weighted by molar-refractivity contribution is 5.97. The summed E-state index contributed by atoms with van der Waals surface area (Å²) < 4.78 is 51.5. The van der Waals surface area contributed by atoms with Crippen LogP contribution in [0, 0.1) is 5.82 Å². The molecule has 2 N–H and O–H groups in total. The molecular weight excluding hydrogens is 366 g/mol. The van der Waals surface area contributed by atoms with E-state index in [0.717, 1.165) is 6.07 Å². The summed E-state index contributed by atoms with van der Waals surface area (Å²) in [5.41, 5.74) is -0.974. The molecule has 2 aromatic carbocycles. The van der Waals surface area contributed by atoms with Gasteiger partial charge in [0, 0.05) is 24.3 Å². The Labute approximate surface area is 152 Å². The number of amides is 3. The van der Waals surface area contributed by atoms with Crippen molar-refractivity contribution in [3.63, 3.8) is 0 Å². The highest BCUT2D eigenvalue weighted by Crippen LogP contribution is 2.33. The number of benzene rings is 2. The van der Waals surface area contributed by atoms with Crippen molar-refractivity contribution < 1.29 is 27.2 Å². The quantitative estimate of drug-likeness (QED) is 0.795. The third-order valence-corrected chi connectivity index (χ3v) is 4.06. The Bertz CT molecular complexity index is 855. The number of nitrogens with one attached hydrogen (secondary N) is 2. The van der Waals surface area contributed by atoms with E-state index in [9.17, 15) is 27.2 Å². The monoisotopic (exact) mass is 381 g/mol. The maximum Gasteiger partial charge on any atom is 0.419 e. The van der Waals surface area contributed by atoms with Crippen molar-refractivity contribution in [3.05, 3.63) is 59.9 Å². The van der Waals surface area contributed by atoms with Crippen LogP contribution in [0.15, 0.2) is 48.5 Å². The molecule has 0 aromatic heterocycles. The molecule has 9 heteroatoms. The van der Waals surface area contributed by atoms with Crippen LogP contribution in [0.25, 0.3) is 0 Å². The number of alkyl halides is 3. The Morgan fingerprint density at radius 2 is 1.81 bits per heavy atom. The minimum Gasteiger partial charge on any atom is -0.333 e. The lowest BCUT2D eigenvalue weighted by Crippen LogP contribution is -2.39. The molecule has 27 heavy (non-hydrogen) atoms. The summed E-state index contributed by atoms with van der Waals surface area (Å²) in [6, 6.07) is 9.80. The molecule has 2 aromatic rings. The fourth-order valence-electron chi connectivity index (χ4n) is 2.83. The van der Waals surface area contributed by atoms with E-state index >= 15 is 0 Å². The number of para-hydroxylation sites is 1. The van der Waals surface area contributed by atoms with Gasteiger partial charge < -0.3 is 15.5 Å². The third-order valence-electron chi connectivity index (χ3n) is 4.06. The fourth-order valence-corrected chi connectivity index (χ4v) is 2.83. The van der Waals surface area contributed by atoms with Gasteiger partial charge in [-0.1, -0.05) is 18.2 Å². The van der Waals surface area contributed by atoms with Crippen LogP contribution in [0.2, 0.25) is 0 Å². The molecule has 142 valence electrons. The number of nitrogens with zero attached hydrogens (tertiary/aromatic N) is 1. The molecule has 1 fully saturated rings. The average Bonchev–Trinajstić information content (AvgIpc) is 2.96. The zero-order valence-electron chi connectivity index (χ0n) is 13.9. The van der Waals surface area contributed by atoms with E-state index < -0.39 is 29.6 Å². The molecule has 0 saturated carbocycles. The molecule has 1 aliphatic rings. The second-order valence-corrected chi connectivity index (χ2v) is 6.03. The minimum absolute atomic E-state index is 0.0690. The Hall–Kier alpha value is -3.10. The summed E-state index contributed by atoms with van der Waals surface area (Å²) >= 11 is 0. The van der Waals surface area contributed by atoms with Crippen molar-refractivity contribution in [1.82, 2.24) is 5.32 Å². The Kier molecular flexibility index (Phi) is 5.02. The van der Waals surface area contributed by atoms with Crippen LogP contribution in [0.5, 0.6) is 0 Å². The lowest BCUT2D eigenvalue weighted by atomic mass is 10.2. The topological polar surface area (TPSA) is 61.4 Å². The number of rotatable bonds is 3. The molecule has 0 spiro atoms. The first-order chi connectivity index (χ1) is 12.7. The van der Waals surface area contributed by atoms with E-state index in [-0.39, 0.29) is 24.6 Å². The molecule has 5 nitrogen and oxygen atoms in total. The van der Waals surface area contributed by atoms with Gasteiger partial charge in [0.2, 0.25) is 5.91 Å². The number of carbonyl (C=O) groups is 2. The maximum absolute atomic E-state index is 13.3. The summed E-state index contributed by atoms with van der Waals surface area (Å²) in [6.45, 7) is 0.244. The first-order valence-corrected chi connectivity index (χ1v) is 8.04. The molecule has 0 bridgehead atoms. The smallest absolute Gasteiger partial charge is 0.333 e. The number of anilines is 2. The second-order valence-electron chi connectivity index (χ2n) is 6.03. The number of carbonyl (C=O) groups excluding carboxylic acids is 2. The van der Waals surface area contributed by atoms with Crippen molar-refractivity contribution in [2.45, 2.75) is 18.6 Å². The van der Waals surface area contributed by atoms with Crippen LogP contribution in [0.4, 0.5) is 33.7 Å². The lowest BCUT2D eigenvalue weighted by Gasteiger charge is -2.17. The molecule has 1 aliphatic heterocycles. The summed E-state index contributed by atoms with van der Waals surface area (Å²) in [4.78, 5) is 25.7. The molecule has 0 aliphatic carbocycles. The van der Waals surface area contributed by atoms with Gasteiger partial charge in [0.1, 0.15) is 5.82 Å². The molecule has 1 unspecified atom stereocenters. The summed E-state index contributed by atoms with van der Waals surface area (Å²) in [6.07, 6.45) is -4.80. The van der Waals surface area contributed by atoms with E-state index in [0.29, 0.717) is 17.8 Å². The first kappa shape index (κ1) is 18.7. The minimum atomic E-state index is -4.87. The van der Waals surface area contributed by atoms with Crippen molar-refractivity contribution in [2.24, 2.45) is 0 Å². The summed E-state index contributed by atoms with van der Waals surface area (Å²) in [5, 5.41) is 4.77. The van der Waals surface area contributed by atoms with Gasteiger partial charge in [0.15, 0.2) is 0 Å². The third kappa shape index (κ3) is 4.36. The van der Waals surface area contributed by atoms with E-state index in [2.05, 4.69) is 10.6 Å². The van der Waals surface area contributed by atoms with E-state index in [1.54, 1.807) is 24.3 Å². The average molecular weight is 381 g/mol. The predicted octanol–water partition coefficient (Wildman–Crippen LogP) is 3.77. The van der Waals surface area contributed by atoms with Gasteiger partial charge >= 0.3 is 12.2 Å². The van der Waals surface area contributed by atoms with Gasteiger partial charge in [-0.05, 0) is 30.3 Å². The van der Waals surface area contributed by atoms with Gasteiger partial charge in [-0.2, -0.15) is 13.2 Å². The molecule has 1 saturated heterocycles. The lowest BCUT2D eigenvalue weighted by molar-refractivity contribution is -0.139. The van der Waals surface area contributed by atoms with Crippen molar-refractivity contribution in [1.29, 1.82) is 0 Å². The molecule has 3 amide bonds. The van der Waals surface area contributed by atoms with Gasteiger partial charge in [0.25, 0.3) is 0 Å². The van der Waals surface area contributed by atoms with Gasteiger partial charge in [-0.15, -0.1) is 0 Å². The van der Waals surface area contributed by atoms with Crippen LogP contribution in [0.1, 0.15) is 12.0 Å². The maximum atomic E-state index is 13.3. The standard InChI is InChI=1S/C18H15F4N3O2/c19-15-7-6-11(8-14(15)18(20,21)22)23-17(27)24-12-9-16(26)25(10-12)13-4-2-1-3-5-13/h1-8,12H,9-10H2,(H2,23,24,27). The zero-order chi connectivity index (χ0) is 19.6. The largest absolute Gasteiger partial charge is 0.419 e.